The van der Waals surface area contributed by atoms with E-state index in [2.05, 4.69) is 10.3 Å². The van der Waals surface area contributed by atoms with Crippen molar-refractivity contribution in [2.45, 2.75) is 37.3 Å². The molecule has 3 rings (SSSR count). The van der Waals surface area contributed by atoms with Crippen LogP contribution in [0.3, 0.4) is 0 Å². The molecule has 1 aromatic heterocycles. The van der Waals surface area contributed by atoms with Crippen LogP contribution in [0.1, 0.15) is 28.8 Å². The van der Waals surface area contributed by atoms with Crippen LogP contribution in [0.4, 0.5) is 17.6 Å². The zero-order valence-electron chi connectivity index (χ0n) is 14.0. The minimum atomic E-state index is -4.71. The van der Waals surface area contributed by atoms with Gasteiger partial charge in [-0.1, -0.05) is 12.1 Å². The zero-order chi connectivity index (χ0) is 19.7. The summed E-state index contributed by atoms with van der Waals surface area (Å²) in [6, 6.07) is 7.96. The van der Waals surface area contributed by atoms with E-state index in [4.69, 9.17) is 4.74 Å². The van der Waals surface area contributed by atoms with Crippen LogP contribution in [0.2, 0.25) is 0 Å². The minimum Gasteiger partial charge on any atom is -0.473 e. The Bertz CT molecular complexity index is 818. The third-order valence-electron chi connectivity index (χ3n) is 4.31. The standard InChI is InChI=1S/C18H16F4N2O3/c19-13-3-1-2-11(6-13)10-27-15-5-4-12(9-23-15)16(25)24-14-7-17(26,8-14)18(20,21)22/h1-6,9,14,26H,7-8,10H2,(H,24,25). The van der Waals surface area contributed by atoms with Crippen LogP contribution in [-0.2, 0) is 6.61 Å². The number of benzene rings is 1. The van der Waals surface area contributed by atoms with Crippen molar-refractivity contribution < 1.29 is 32.2 Å². The van der Waals surface area contributed by atoms with Crippen molar-refractivity contribution in [1.82, 2.24) is 10.3 Å². The molecule has 0 unspecified atom stereocenters. The molecule has 1 aliphatic carbocycles. The van der Waals surface area contributed by atoms with Crippen LogP contribution in [-0.4, -0.2) is 33.8 Å². The first-order valence-corrected chi connectivity index (χ1v) is 8.09. The number of nitrogens with zero attached hydrogens (tertiary/aromatic N) is 1. The average molecular weight is 384 g/mol. The smallest absolute Gasteiger partial charge is 0.417 e. The van der Waals surface area contributed by atoms with Gasteiger partial charge in [-0.3, -0.25) is 4.79 Å². The van der Waals surface area contributed by atoms with Crippen molar-refractivity contribution in [2.24, 2.45) is 0 Å². The van der Waals surface area contributed by atoms with E-state index in [1.807, 2.05) is 0 Å². The summed E-state index contributed by atoms with van der Waals surface area (Å²) in [7, 11) is 0. The van der Waals surface area contributed by atoms with Crippen LogP contribution >= 0.6 is 0 Å². The van der Waals surface area contributed by atoms with Gasteiger partial charge in [-0.05, 0) is 23.8 Å². The van der Waals surface area contributed by atoms with Crippen molar-refractivity contribution in [3.8, 4) is 5.88 Å². The van der Waals surface area contributed by atoms with Crippen molar-refractivity contribution in [2.75, 3.05) is 0 Å². The lowest BCUT2D eigenvalue weighted by molar-refractivity contribution is -0.291. The molecule has 0 bridgehead atoms. The molecule has 1 heterocycles. The average Bonchev–Trinajstić information content (AvgIpc) is 2.58. The molecule has 2 N–H and O–H groups in total. The second-order valence-electron chi connectivity index (χ2n) is 6.41. The number of alkyl halides is 3. The van der Waals surface area contributed by atoms with Gasteiger partial charge in [0.25, 0.3) is 5.91 Å². The third-order valence-corrected chi connectivity index (χ3v) is 4.31. The van der Waals surface area contributed by atoms with E-state index in [-0.39, 0.29) is 23.9 Å². The number of hydrogen-bond acceptors (Lipinski definition) is 4. The van der Waals surface area contributed by atoms with Crippen LogP contribution in [0.15, 0.2) is 42.6 Å². The SMILES string of the molecule is O=C(NC1CC(O)(C(F)(F)F)C1)c1ccc(OCc2cccc(F)c2)nc1. The lowest BCUT2D eigenvalue weighted by Gasteiger charge is -2.44. The molecular formula is C18H16F4N2O3. The summed E-state index contributed by atoms with van der Waals surface area (Å²) < 4.78 is 56.2. The van der Waals surface area contributed by atoms with Gasteiger partial charge in [-0.25, -0.2) is 9.37 Å². The van der Waals surface area contributed by atoms with Gasteiger partial charge in [-0.2, -0.15) is 13.2 Å². The molecule has 1 fully saturated rings. The largest absolute Gasteiger partial charge is 0.473 e. The Kier molecular flexibility index (Phi) is 5.05. The minimum absolute atomic E-state index is 0.0917. The van der Waals surface area contributed by atoms with Gasteiger partial charge in [0.05, 0.1) is 5.56 Å². The van der Waals surface area contributed by atoms with Gasteiger partial charge in [0, 0.05) is 31.1 Å². The Labute approximate surface area is 152 Å². The first kappa shape index (κ1) is 19.1. The number of carbonyl (C=O) groups excluding carboxylic acids is 1. The van der Waals surface area contributed by atoms with Crippen LogP contribution < -0.4 is 10.1 Å². The number of amides is 1. The Balaban J connectivity index is 1.51. The fraction of sp³-hybridized carbons (Fsp3) is 0.333. The summed E-state index contributed by atoms with van der Waals surface area (Å²) >= 11 is 0. The Hall–Kier alpha value is -2.68. The highest BCUT2D eigenvalue weighted by atomic mass is 19.4. The normalized spacial score (nSPS) is 22.0. The Morgan fingerprint density at radius 2 is 2.04 bits per heavy atom. The van der Waals surface area contributed by atoms with E-state index in [0.29, 0.717) is 5.56 Å². The first-order valence-electron chi connectivity index (χ1n) is 8.09. The molecule has 5 nitrogen and oxygen atoms in total. The molecule has 0 atom stereocenters. The summed E-state index contributed by atoms with van der Waals surface area (Å²) in [6.07, 6.45) is -4.64. The maximum Gasteiger partial charge on any atom is 0.417 e. The van der Waals surface area contributed by atoms with E-state index >= 15 is 0 Å². The Morgan fingerprint density at radius 1 is 1.30 bits per heavy atom. The number of ether oxygens (including phenoxy) is 1. The van der Waals surface area contributed by atoms with E-state index in [0.717, 1.165) is 0 Å². The number of pyridine rings is 1. The summed E-state index contributed by atoms with van der Waals surface area (Å²) in [6.45, 7) is 0.0917. The quantitative estimate of drug-likeness (QED) is 0.778. The summed E-state index contributed by atoms with van der Waals surface area (Å²) in [4.78, 5) is 16.0. The predicted molar refractivity (Wildman–Crippen MR) is 86.5 cm³/mol. The molecule has 9 heteroatoms. The fourth-order valence-corrected chi connectivity index (χ4v) is 2.74. The highest BCUT2D eigenvalue weighted by Gasteiger charge is 2.61. The molecule has 144 valence electrons. The van der Waals surface area contributed by atoms with Crippen molar-refractivity contribution in [3.63, 3.8) is 0 Å². The Morgan fingerprint density at radius 3 is 2.63 bits per heavy atom. The number of nitrogens with one attached hydrogen (secondary N) is 1. The number of carbonyl (C=O) groups is 1. The van der Waals surface area contributed by atoms with Gasteiger partial charge < -0.3 is 15.2 Å². The van der Waals surface area contributed by atoms with E-state index in [1.165, 1.54) is 30.5 Å². The van der Waals surface area contributed by atoms with Gasteiger partial charge in [0.2, 0.25) is 5.88 Å². The van der Waals surface area contributed by atoms with Gasteiger partial charge in [0.15, 0.2) is 5.60 Å². The number of halogens is 4. The van der Waals surface area contributed by atoms with Gasteiger partial charge in [0.1, 0.15) is 12.4 Å². The van der Waals surface area contributed by atoms with Gasteiger partial charge in [-0.15, -0.1) is 0 Å². The maximum atomic E-state index is 13.1. The third kappa shape index (κ3) is 4.36. The molecule has 2 aromatic rings. The number of aliphatic hydroxyl groups is 1. The van der Waals surface area contributed by atoms with Crippen LogP contribution in [0, 0.1) is 5.82 Å². The van der Waals surface area contributed by atoms with E-state index < -0.39 is 36.6 Å². The fourth-order valence-electron chi connectivity index (χ4n) is 2.74. The lowest BCUT2D eigenvalue weighted by Crippen LogP contribution is -2.62. The van der Waals surface area contributed by atoms with Gasteiger partial charge >= 0.3 is 6.18 Å². The maximum absolute atomic E-state index is 13.1. The molecule has 1 saturated carbocycles. The molecule has 0 radical (unpaired) electrons. The van der Waals surface area contributed by atoms with E-state index in [9.17, 15) is 27.5 Å². The van der Waals surface area contributed by atoms with Crippen LogP contribution in [0.5, 0.6) is 5.88 Å². The number of hydrogen-bond donors (Lipinski definition) is 2. The van der Waals surface area contributed by atoms with Crippen molar-refractivity contribution in [3.05, 3.63) is 59.5 Å². The second-order valence-corrected chi connectivity index (χ2v) is 6.41. The summed E-state index contributed by atoms with van der Waals surface area (Å²) in [5, 5.41) is 11.8. The second kappa shape index (κ2) is 7.15. The topological polar surface area (TPSA) is 71.5 Å². The first-order chi connectivity index (χ1) is 12.7. The summed E-state index contributed by atoms with van der Waals surface area (Å²) in [5.74, 6) is -0.760. The highest BCUT2D eigenvalue weighted by Crippen LogP contribution is 2.45. The molecule has 27 heavy (non-hydrogen) atoms. The molecule has 1 amide bonds. The number of aromatic nitrogens is 1. The lowest BCUT2D eigenvalue weighted by atomic mass is 9.75. The molecule has 1 aromatic carbocycles. The van der Waals surface area contributed by atoms with Crippen molar-refractivity contribution >= 4 is 5.91 Å². The number of rotatable bonds is 5. The van der Waals surface area contributed by atoms with E-state index in [1.54, 1.807) is 12.1 Å². The van der Waals surface area contributed by atoms with Crippen LogP contribution in [0.25, 0.3) is 0 Å². The van der Waals surface area contributed by atoms with Crippen molar-refractivity contribution in [1.29, 1.82) is 0 Å². The molecule has 0 spiro atoms. The molecular weight excluding hydrogens is 368 g/mol. The molecule has 1 aliphatic rings. The molecule has 0 saturated heterocycles. The predicted octanol–water partition coefficient (Wildman–Crippen LogP) is 2.99. The molecule has 0 aliphatic heterocycles. The summed E-state index contributed by atoms with van der Waals surface area (Å²) in [5.41, 5.74) is -1.98. The monoisotopic (exact) mass is 384 g/mol. The highest BCUT2D eigenvalue weighted by molar-refractivity contribution is 5.94. The zero-order valence-corrected chi connectivity index (χ0v) is 14.0.